The molecule has 4 aliphatic rings. The molecular formula is C31H58O4Si2. The van der Waals surface area contributed by atoms with Crippen LogP contribution in [0.5, 0.6) is 0 Å². The van der Waals surface area contributed by atoms with Crippen LogP contribution in [0.4, 0.5) is 0 Å². The summed E-state index contributed by atoms with van der Waals surface area (Å²) >= 11 is 0. The first-order chi connectivity index (χ1) is 17.1. The molecule has 4 fully saturated rings. The third kappa shape index (κ3) is 5.97. The number of esters is 1. The zero-order valence-corrected chi connectivity index (χ0v) is 27.8. The maximum atomic E-state index is 12.0. The maximum absolute atomic E-state index is 12.0. The Morgan fingerprint density at radius 1 is 0.892 bits per heavy atom. The topological polar surface area (TPSA) is 44.8 Å². The quantitative estimate of drug-likeness (QED) is 0.225. The van der Waals surface area contributed by atoms with E-state index in [0.717, 1.165) is 30.1 Å². The highest BCUT2D eigenvalue weighted by Crippen LogP contribution is 2.69. The molecule has 0 bridgehead atoms. The largest absolute Gasteiger partial charge is 0.469 e. The standard InChI is InChI=1S/C31H58O4Si2/c1-21(11-16-29(32)33-4)25-14-15-26-24-13-12-22-19-23(34-36(5,6)7)17-18-30(22,2)27(24)20-28(31(25,26)3)35-37(8,9)10/h21-28H,11-20H2,1-10H3/t21-,22+,23-,24?,25-,26?,27?,28+,30+,31-/m1/s1. The van der Waals surface area contributed by atoms with Crippen LogP contribution in [0.25, 0.3) is 0 Å². The first kappa shape index (κ1) is 29.8. The molecule has 3 unspecified atom stereocenters. The van der Waals surface area contributed by atoms with Crippen molar-refractivity contribution in [2.45, 2.75) is 136 Å². The van der Waals surface area contributed by atoms with Crippen molar-refractivity contribution in [2.75, 3.05) is 7.11 Å². The maximum Gasteiger partial charge on any atom is 0.305 e. The van der Waals surface area contributed by atoms with Gasteiger partial charge in [-0.1, -0.05) is 20.8 Å². The summed E-state index contributed by atoms with van der Waals surface area (Å²) < 4.78 is 18.9. The number of ether oxygens (including phenoxy) is 1. The highest BCUT2D eigenvalue weighted by atomic mass is 28.4. The predicted octanol–water partition coefficient (Wildman–Crippen LogP) is 8.28. The van der Waals surface area contributed by atoms with E-state index in [-0.39, 0.29) is 11.4 Å². The molecule has 0 aromatic rings. The Morgan fingerprint density at radius 2 is 1.57 bits per heavy atom. The Bertz CT molecular complexity index is 819. The molecule has 214 valence electrons. The lowest BCUT2D eigenvalue weighted by Gasteiger charge is -2.64. The van der Waals surface area contributed by atoms with Gasteiger partial charge in [0.15, 0.2) is 16.6 Å². The van der Waals surface area contributed by atoms with Crippen LogP contribution in [0.1, 0.15) is 85.0 Å². The monoisotopic (exact) mass is 550 g/mol. The molecule has 0 radical (unpaired) electrons. The van der Waals surface area contributed by atoms with E-state index in [9.17, 15) is 4.79 Å². The van der Waals surface area contributed by atoms with Gasteiger partial charge in [0.1, 0.15) is 0 Å². The first-order valence-corrected chi connectivity index (χ1v) is 22.3. The number of rotatable bonds is 8. The summed E-state index contributed by atoms with van der Waals surface area (Å²) in [5, 5.41) is 0. The molecule has 4 nitrogen and oxygen atoms in total. The molecule has 0 saturated heterocycles. The van der Waals surface area contributed by atoms with E-state index in [1.807, 2.05) is 0 Å². The zero-order valence-electron chi connectivity index (χ0n) is 25.8. The van der Waals surface area contributed by atoms with Crippen LogP contribution < -0.4 is 0 Å². The minimum atomic E-state index is -1.71. The van der Waals surface area contributed by atoms with E-state index in [2.05, 4.69) is 60.1 Å². The van der Waals surface area contributed by atoms with E-state index < -0.39 is 16.6 Å². The number of carbonyl (C=O) groups is 1. The molecule has 0 N–H and O–H groups in total. The van der Waals surface area contributed by atoms with Crippen LogP contribution in [0.2, 0.25) is 39.3 Å². The normalized spacial score (nSPS) is 42.9. The highest BCUT2D eigenvalue weighted by molar-refractivity contribution is 6.70. The Labute approximate surface area is 230 Å². The van der Waals surface area contributed by atoms with Gasteiger partial charge in [-0.3, -0.25) is 4.79 Å². The fourth-order valence-electron chi connectivity index (χ4n) is 9.97. The van der Waals surface area contributed by atoms with Crippen molar-refractivity contribution in [3.63, 3.8) is 0 Å². The summed E-state index contributed by atoms with van der Waals surface area (Å²) in [5.74, 6) is 4.27. The lowest BCUT2D eigenvalue weighted by Crippen LogP contribution is -2.60. The van der Waals surface area contributed by atoms with Gasteiger partial charge in [0.25, 0.3) is 0 Å². The smallest absolute Gasteiger partial charge is 0.305 e. The number of carbonyl (C=O) groups excluding carboxylic acids is 1. The molecule has 4 saturated carbocycles. The molecule has 4 rings (SSSR count). The Balaban J connectivity index is 1.59. The van der Waals surface area contributed by atoms with Crippen molar-refractivity contribution in [1.29, 1.82) is 0 Å². The van der Waals surface area contributed by atoms with Crippen molar-refractivity contribution >= 4 is 22.6 Å². The molecule has 0 aromatic carbocycles. The van der Waals surface area contributed by atoms with Gasteiger partial charge in [-0.25, -0.2) is 0 Å². The Hall–Kier alpha value is -0.176. The van der Waals surface area contributed by atoms with E-state index >= 15 is 0 Å². The number of hydrogen-bond acceptors (Lipinski definition) is 4. The van der Waals surface area contributed by atoms with Crippen molar-refractivity contribution in [3.8, 4) is 0 Å². The third-order valence-corrected chi connectivity index (χ3v) is 13.5. The van der Waals surface area contributed by atoms with Gasteiger partial charge in [-0.05, 0) is 143 Å². The van der Waals surface area contributed by atoms with Crippen LogP contribution in [0, 0.1) is 46.3 Å². The minimum absolute atomic E-state index is 0.0647. The fourth-order valence-corrected chi connectivity index (χ4v) is 12.4. The zero-order chi connectivity index (χ0) is 27.4. The summed E-state index contributed by atoms with van der Waals surface area (Å²) in [6.45, 7) is 21.9. The second-order valence-corrected chi connectivity index (χ2v) is 24.8. The highest BCUT2D eigenvalue weighted by Gasteiger charge is 2.64. The third-order valence-electron chi connectivity index (χ3n) is 11.5. The molecule has 0 heterocycles. The van der Waals surface area contributed by atoms with Crippen molar-refractivity contribution in [1.82, 2.24) is 0 Å². The molecule has 10 atom stereocenters. The SMILES string of the molecule is COC(=O)CC[C@@H](C)[C@H]1CCC2C3CC[C@H]4C[C@H](O[Si](C)(C)C)CC[C@]4(C)C3C[C@H](O[Si](C)(C)C)[C@@]21C. The van der Waals surface area contributed by atoms with Crippen LogP contribution >= 0.6 is 0 Å². The molecule has 37 heavy (non-hydrogen) atoms. The van der Waals surface area contributed by atoms with Gasteiger partial charge in [-0.2, -0.15) is 0 Å². The molecule has 0 amide bonds. The second-order valence-electron chi connectivity index (χ2n) is 15.9. The minimum Gasteiger partial charge on any atom is -0.469 e. The summed E-state index contributed by atoms with van der Waals surface area (Å²) in [4.78, 5) is 12.0. The van der Waals surface area contributed by atoms with Gasteiger partial charge in [0, 0.05) is 12.5 Å². The van der Waals surface area contributed by atoms with Crippen molar-refractivity contribution in [2.24, 2.45) is 46.3 Å². The number of methoxy groups -OCH3 is 1. The van der Waals surface area contributed by atoms with E-state index in [0.29, 0.717) is 35.9 Å². The fraction of sp³-hybridized carbons (Fsp3) is 0.968. The number of hydrogen-bond donors (Lipinski definition) is 0. The van der Waals surface area contributed by atoms with Gasteiger partial charge in [0.2, 0.25) is 0 Å². The van der Waals surface area contributed by atoms with Crippen LogP contribution in [-0.2, 0) is 18.4 Å². The average Bonchev–Trinajstić information content (AvgIpc) is 3.14. The van der Waals surface area contributed by atoms with E-state index in [1.54, 1.807) is 0 Å². The molecule has 4 aliphatic carbocycles. The van der Waals surface area contributed by atoms with E-state index in [1.165, 1.54) is 58.5 Å². The van der Waals surface area contributed by atoms with Gasteiger partial charge >= 0.3 is 5.97 Å². The van der Waals surface area contributed by atoms with Crippen LogP contribution in [0.3, 0.4) is 0 Å². The van der Waals surface area contributed by atoms with Gasteiger partial charge in [0.05, 0.1) is 13.2 Å². The molecular weight excluding hydrogens is 493 g/mol. The second kappa shape index (κ2) is 10.7. The summed E-state index contributed by atoms with van der Waals surface area (Å²) in [5.41, 5.74) is 0.650. The van der Waals surface area contributed by atoms with Crippen molar-refractivity contribution < 1.29 is 18.4 Å². The molecule has 0 spiro atoms. The Kier molecular flexibility index (Phi) is 8.59. The summed E-state index contributed by atoms with van der Waals surface area (Å²) in [7, 11) is -1.70. The van der Waals surface area contributed by atoms with Crippen LogP contribution in [-0.4, -0.2) is 41.9 Å². The lowest BCUT2D eigenvalue weighted by molar-refractivity contribution is -0.169. The Morgan fingerprint density at radius 3 is 2.19 bits per heavy atom. The average molecular weight is 551 g/mol. The number of fused-ring (bicyclic) bond motifs is 5. The lowest BCUT2D eigenvalue weighted by atomic mass is 9.43. The van der Waals surface area contributed by atoms with Crippen molar-refractivity contribution in [3.05, 3.63) is 0 Å². The molecule has 6 heteroatoms. The van der Waals surface area contributed by atoms with Crippen LogP contribution in [0.15, 0.2) is 0 Å². The molecule has 0 aliphatic heterocycles. The van der Waals surface area contributed by atoms with Gasteiger partial charge in [-0.15, -0.1) is 0 Å². The first-order valence-electron chi connectivity index (χ1n) is 15.5. The van der Waals surface area contributed by atoms with Gasteiger partial charge < -0.3 is 13.6 Å². The summed E-state index contributed by atoms with van der Waals surface area (Å²) in [6.07, 6.45) is 12.8. The molecule has 0 aromatic heterocycles. The summed E-state index contributed by atoms with van der Waals surface area (Å²) in [6, 6.07) is 0. The van der Waals surface area contributed by atoms with E-state index in [4.69, 9.17) is 13.6 Å². The predicted molar refractivity (Wildman–Crippen MR) is 157 cm³/mol.